The van der Waals surface area contributed by atoms with Crippen molar-refractivity contribution in [2.45, 2.75) is 25.9 Å². The molecule has 0 aromatic rings. The van der Waals surface area contributed by atoms with Crippen LogP contribution in [0, 0.1) is 0 Å². The Hall–Kier alpha value is -0.750. The third-order valence-electron chi connectivity index (χ3n) is 1.32. The van der Waals surface area contributed by atoms with Gasteiger partial charge in [-0.2, -0.15) is 0 Å². The number of aliphatic hydroxyl groups is 1. The molecule has 0 heterocycles. The van der Waals surface area contributed by atoms with Crippen molar-refractivity contribution in [2.24, 2.45) is 0 Å². The number of aliphatic hydroxyl groups excluding tert-OH is 1. The number of hydrogen-bond donors (Lipinski definition) is 2. The van der Waals surface area contributed by atoms with Crippen molar-refractivity contribution in [2.75, 3.05) is 19.8 Å². The molecular formula is C8H15F2NO3. The van der Waals surface area contributed by atoms with Crippen LogP contribution >= 0.6 is 0 Å². The number of carbonyl (C=O) groups is 1. The quantitative estimate of drug-likeness (QED) is 0.657. The second kappa shape index (κ2) is 5.87. The van der Waals surface area contributed by atoms with Gasteiger partial charge in [-0.3, -0.25) is 4.79 Å². The van der Waals surface area contributed by atoms with Crippen molar-refractivity contribution in [1.82, 2.24) is 5.32 Å². The molecule has 0 bridgehead atoms. The van der Waals surface area contributed by atoms with Gasteiger partial charge >= 0.3 is 0 Å². The van der Waals surface area contributed by atoms with E-state index in [1.54, 1.807) is 13.8 Å². The maximum Gasteiger partial charge on any atom is 0.287 e. The second-order valence-electron chi connectivity index (χ2n) is 3.15. The molecule has 0 aromatic carbocycles. The van der Waals surface area contributed by atoms with Crippen LogP contribution in [0.3, 0.4) is 0 Å². The van der Waals surface area contributed by atoms with E-state index in [1.165, 1.54) is 0 Å². The van der Waals surface area contributed by atoms with Gasteiger partial charge in [0.05, 0.1) is 12.6 Å². The molecule has 2 N–H and O–H groups in total. The number of carbonyl (C=O) groups excluding carboxylic acids is 1. The van der Waals surface area contributed by atoms with Crippen LogP contribution in [0.15, 0.2) is 0 Å². The molecule has 0 rings (SSSR count). The van der Waals surface area contributed by atoms with Crippen LogP contribution < -0.4 is 5.32 Å². The molecule has 0 fully saturated rings. The summed E-state index contributed by atoms with van der Waals surface area (Å²) in [5, 5.41) is 10.1. The SMILES string of the molecule is CC(C)OCC(=O)NCC(F)(F)CO. The van der Waals surface area contributed by atoms with E-state index in [2.05, 4.69) is 0 Å². The minimum absolute atomic E-state index is 0.126. The van der Waals surface area contributed by atoms with E-state index in [-0.39, 0.29) is 12.7 Å². The minimum atomic E-state index is -3.27. The maximum atomic E-state index is 12.4. The van der Waals surface area contributed by atoms with E-state index >= 15 is 0 Å². The molecule has 0 saturated carbocycles. The first kappa shape index (κ1) is 13.2. The zero-order chi connectivity index (χ0) is 11.2. The molecule has 4 nitrogen and oxygen atoms in total. The first-order valence-corrected chi connectivity index (χ1v) is 4.24. The Balaban J connectivity index is 3.64. The largest absolute Gasteiger partial charge is 0.390 e. The molecule has 6 heteroatoms. The number of hydrogen-bond acceptors (Lipinski definition) is 3. The number of halogens is 2. The van der Waals surface area contributed by atoms with Gasteiger partial charge in [0.25, 0.3) is 5.92 Å². The van der Waals surface area contributed by atoms with Crippen LogP contribution in [0.1, 0.15) is 13.8 Å². The Morgan fingerprint density at radius 3 is 2.57 bits per heavy atom. The molecule has 0 radical (unpaired) electrons. The van der Waals surface area contributed by atoms with Gasteiger partial charge in [0.15, 0.2) is 0 Å². The Kier molecular flexibility index (Phi) is 5.56. The normalized spacial score (nSPS) is 11.9. The van der Waals surface area contributed by atoms with Gasteiger partial charge in [0, 0.05) is 0 Å². The molecular weight excluding hydrogens is 196 g/mol. The summed E-state index contributed by atoms with van der Waals surface area (Å²) in [5.74, 6) is -3.89. The fourth-order valence-electron chi connectivity index (χ4n) is 0.577. The van der Waals surface area contributed by atoms with E-state index in [0.29, 0.717) is 0 Å². The standard InChI is InChI=1S/C8H15F2NO3/c1-6(2)14-3-7(13)11-4-8(9,10)5-12/h6,12H,3-5H2,1-2H3,(H,11,13). The first-order chi connectivity index (χ1) is 6.37. The Morgan fingerprint density at radius 2 is 2.14 bits per heavy atom. The van der Waals surface area contributed by atoms with E-state index in [9.17, 15) is 13.6 Å². The summed E-state index contributed by atoms with van der Waals surface area (Å²) in [6.07, 6.45) is -0.126. The first-order valence-electron chi connectivity index (χ1n) is 4.24. The van der Waals surface area contributed by atoms with Crippen molar-refractivity contribution in [3.05, 3.63) is 0 Å². The molecule has 0 aromatic heterocycles. The average Bonchev–Trinajstić information content (AvgIpc) is 2.11. The van der Waals surface area contributed by atoms with Crippen LogP contribution in [0.5, 0.6) is 0 Å². The molecule has 0 unspecified atom stereocenters. The predicted molar refractivity (Wildman–Crippen MR) is 46.1 cm³/mol. The summed E-state index contributed by atoms with van der Waals surface area (Å²) in [7, 11) is 0. The summed E-state index contributed by atoms with van der Waals surface area (Å²) < 4.78 is 29.7. The molecule has 0 aliphatic carbocycles. The summed E-state index contributed by atoms with van der Waals surface area (Å²) in [5.41, 5.74) is 0. The van der Waals surface area contributed by atoms with Crippen LogP contribution in [-0.4, -0.2) is 42.8 Å². The van der Waals surface area contributed by atoms with Gasteiger partial charge in [0.1, 0.15) is 13.2 Å². The summed E-state index contributed by atoms with van der Waals surface area (Å²) in [4.78, 5) is 10.9. The number of amides is 1. The van der Waals surface area contributed by atoms with Gasteiger partial charge in [-0.1, -0.05) is 0 Å². The third-order valence-corrected chi connectivity index (χ3v) is 1.32. The second-order valence-corrected chi connectivity index (χ2v) is 3.15. The number of nitrogens with one attached hydrogen (secondary N) is 1. The minimum Gasteiger partial charge on any atom is -0.390 e. The van der Waals surface area contributed by atoms with Crippen LogP contribution in [-0.2, 0) is 9.53 Å². The third kappa shape index (κ3) is 6.73. The highest BCUT2D eigenvalue weighted by molar-refractivity contribution is 5.77. The molecule has 14 heavy (non-hydrogen) atoms. The van der Waals surface area contributed by atoms with E-state index in [0.717, 1.165) is 0 Å². The highest BCUT2D eigenvalue weighted by Gasteiger charge is 2.28. The van der Waals surface area contributed by atoms with Gasteiger partial charge in [-0.05, 0) is 13.8 Å². The van der Waals surface area contributed by atoms with Gasteiger partial charge in [-0.15, -0.1) is 0 Å². The fraction of sp³-hybridized carbons (Fsp3) is 0.875. The lowest BCUT2D eigenvalue weighted by Crippen LogP contribution is -2.40. The van der Waals surface area contributed by atoms with Crippen molar-refractivity contribution < 1.29 is 23.4 Å². The monoisotopic (exact) mass is 211 g/mol. The average molecular weight is 211 g/mol. The Morgan fingerprint density at radius 1 is 1.57 bits per heavy atom. The lowest BCUT2D eigenvalue weighted by atomic mass is 10.3. The van der Waals surface area contributed by atoms with Crippen LogP contribution in [0.2, 0.25) is 0 Å². The molecule has 0 saturated heterocycles. The number of ether oxygens (including phenoxy) is 1. The van der Waals surface area contributed by atoms with Crippen molar-refractivity contribution in [1.29, 1.82) is 0 Å². The van der Waals surface area contributed by atoms with E-state index < -0.39 is 25.0 Å². The van der Waals surface area contributed by atoms with Crippen LogP contribution in [0.4, 0.5) is 8.78 Å². The number of rotatable bonds is 6. The number of alkyl halides is 2. The smallest absolute Gasteiger partial charge is 0.287 e. The van der Waals surface area contributed by atoms with Crippen LogP contribution in [0.25, 0.3) is 0 Å². The maximum absolute atomic E-state index is 12.4. The molecule has 0 spiro atoms. The Bertz CT molecular complexity index is 185. The van der Waals surface area contributed by atoms with Crippen molar-refractivity contribution in [3.8, 4) is 0 Å². The summed E-state index contributed by atoms with van der Waals surface area (Å²) >= 11 is 0. The zero-order valence-corrected chi connectivity index (χ0v) is 8.22. The highest BCUT2D eigenvalue weighted by atomic mass is 19.3. The summed E-state index contributed by atoms with van der Waals surface area (Å²) in [6.45, 7) is 1.06. The predicted octanol–water partition coefficient (Wildman–Crippen LogP) is 0.155. The van der Waals surface area contributed by atoms with E-state index in [4.69, 9.17) is 9.84 Å². The Labute approximate surface area is 81.2 Å². The van der Waals surface area contributed by atoms with Gasteiger partial charge in [0.2, 0.25) is 5.91 Å². The van der Waals surface area contributed by atoms with Crippen molar-refractivity contribution >= 4 is 5.91 Å². The van der Waals surface area contributed by atoms with Gasteiger partial charge < -0.3 is 15.2 Å². The zero-order valence-electron chi connectivity index (χ0n) is 8.22. The van der Waals surface area contributed by atoms with Gasteiger partial charge in [-0.25, -0.2) is 8.78 Å². The fourth-order valence-corrected chi connectivity index (χ4v) is 0.577. The molecule has 0 aliphatic rings. The lowest BCUT2D eigenvalue weighted by molar-refractivity contribution is -0.129. The van der Waals surface area contributed by atoms with E-state index in [1.807, 2.05) is 5.32 Å². The topological polar surface area (TPSA) is 58.6 Å². The molecule has 0 atom stereocenters. The molecule has 0 aliphatic heterocycles. The molecule has 84 valence electrons. The lowest BCUT2D eigenvalue weighted by Gasteiger charge is -2.14. The molecule has 1 amide bonds. The summed E-state index contributed by atoms with van der Waals surface area (Å²) in [6, 6.07) is 0. The van der Waals surface area contributed by atoms with Crippen molar-refractivity contribution in [3.63, 3.8) is 0 Å². The highest BCUT2D eigenvalue weighted by Crippen LogP contribution is 2.09.